The molecule has 1 aliphatic rings. The van der Waals surface area contributed by atoms with E-state index in [1.807, 2.05) is 48.5 Å². The van der Waals surface area contributed by atoms with Gasteiger partial charge in [0.25, 0.3) is 0 Å². The number of aliphatic imine (C=N–C) groups is 1. The van der Waals surface area contributed by atoms with Gasteiger partial charge in [0.1, 0.15) is 0 Å². The van der Waals surface area contributed by atoms with Gasteiger partial charge >= 0.3 is 0 Å². The average Bonchev–Trinajstić information content (AvgIpc) is 2.83. The molecule has 1 atom stereocenters. The summed E-state index contributed by atoms with van der Waals surface area (Å²) in [6.45, 7) is 0.841. The van der Waals surface area contributed by atoms with Crippen LogP contribution in [0.5, 0.6) is 0 Å². The fourth-order valence-electron chi connectivity index (χ4n) is 3.51. The zero-order valence-corrected chi connectivity index (χ0v) is 20.6. The molecule has 1 fully saturated rings. The van der Waals surface area contributed by atoms with Crippen molar-refractivity contribution in [2.75, 3.05) is 6.54 Å². The van der Waals surface area contributed by atoms with Crippen LogP contribution in [0.1, 0.15) is 17.5 Å². The van der Waals surface area contributed by atoms with Gasteiger partial charge in [0.2, 0.25) is 11.8 Å². The number of hydrogen-bond donors (Lipinski definition) is 1. The average molecular weight is 512 g/mol. The second-order valence-corrected chi connectivity index (χ2v) is 9.86. The van der Waals surface area contributed by atoms with E-state index in [9.17, 15) is 9.59 Å². The van der Waals surface area contributed by atoms with Crippen molar-refractivity contribution >= 4 is 57.6 Å². The van der Waals surface area contributed by atoms with Crippen LogP contribution in [0.15, 0.2) is 83.9 Å². The fourth-order valence-corrected chi connectivity index (χ4v) is 4.95. The van der Waals surface area contributed by atoms with E-state index in [1.165, 1.54) is 11.8 Å². The van der Waals surface area contributed by atoms with Gasteiger partial charge in [-0.3, -0.25) is 14.5 Å². The summed E-state index contributed by atoms with van der Waals surface area (Å²) in [5, 5.41) is 4.06. The number of nitrogens with one attached hydrogen (secondary N) is 1. The summed E-state index contributed by atoms with van der Waals surface area (Å²) in [6, 6.07) is 24.4. The molecule has 3 aromatic carbocycles. The zero-order valence-electron chi connectivity index (χ0n) is 18.3. The SMILES string of the molecule is O=C(NCCc1ccccc1)C1CC(=O)N(Cc2ccc(Cl)cc2)C(=Nc2cccc(Cl)c2)S1. The van der Waals surface area contributed by atoms with Crippen molar-refractivity contribution in [2.45, 2.75) is 24.6 Å². The normalized spacial score (nSPS) is 17.1. The van der Waals surface area contributed by atoms with E-state index >= 15 is 0 Å². The minimum Gasteiger partial charge on any atom is -0.355 e. The maximum Gasteiger partial charge on any atom is 0.234 e. The van der Waals surface area contributed by atoms with Crippen LogP contribution in [-0.2, 0) is 22.6 Å². The van der Waals surface area contributed by atoms with Crippen molar-refractivity contribution in [2.24, 2.45) is 4.99 Å². The summed E-state index contributed by atoms with van der Waals surface area (Å²) >= 11 is 13.4. The number of amides is 2. The van der Waals surface area contributed by atoms with E-state index in [0.717, 1.165) is 17.5 Å². The van der Waals surface area contributed by atoms with Gasteiger partial charge in [0.15, 0.2) is 5.17 Å². The van der Waals surface area contributed by atoms with Gasteiger partial charge in [-0.15, -0.1) is 0 Å². The van der Waals surface area contributed by atoms with E-state index in [-0.39, 0.29) is 18.2 Å². The van der Waals surface area contributed by atoms with Gasteiger partial charge < -0.3 is 5.32 Å². The minimum atomic E-state index is -0.553. The molecule has 0 aromatic heterocycles. The molecular weight excluding hydrogens is 489 g/mol. The third kappa shape index (κ3) is 6.63. The van der Waals surface area contributed by atoms with Crippen LogP contribution >= 0.6 is 35.0 Å². The molecule has 174 valence electrons. The first-order valence-electron chi connectivity index (χ1n) is 10.9. The Morgan fingerprint density at radius 3 is 2.47 bits per heavy atom. The van der Waals surface area contributed by atoms with Crippen LogP contribution in [0.4, 0.5) is 5.69 Å². The van der Waals surface area contributed by atoms with Crippen molar-refractivity contribution in [3.8, 4) is 0 Å². The lowest BCUT2D eigenvalue weighted by molar-refractivity contribution is -0.130. The van der Waals surface area contributed by atoms with Gasteiger partial charge in [-0.25, -0.2) is 4.99 Å². The number of nitrogens with zero attached hydrogens (tertiary/aromatic N) is 2. The molecule has 4 rings (SSSR count). The molecule has 8 heteroatoms. The lowest BCUT2D eigenvalue weighted by Crippen LogP contribution is -2.46. The van der Waals surface area contributed by atoms with Crippen LogP contribution < -0.4 is 5.32 Å². The molecule has 3 aromatic rings. The summed E-state index contributed by atoms with van der Waals surface area (Å²) in [5.74, 6) is -0.322. The molecule has 0 bridgehead atoms. The predicted octanol–water partition coefficient (Wildman–Crippen LogP) is 5.87. The molecule has 1 aliphatic heterocycles. The van der Waals surface area contributed by atoms with Gasteiger partial charge in [-0.2, -0.15) is 0 Å². The highest BCUT2D eigenvalue weighted by Crippen LogP contribution is 2.31. The first-order chi connectivity index (χ1) is 16.5. The summed E-state index contributed by atoms with van der Waals surface area (Å²) < 4.78 is 0. The van der Waals surface area contributed by atoms with E-state index in [2.05, 4.69) is 10.3 Å². The van der Waals surface area contributed by atoms with Crippen LogP contribution in [-0.4, -0.2) is 33.7 Å². The molecule has 1 saturated heterocycles. The monoisotopic (exact) mass is 511 g/mol. The Balaban J connectivity index is 1.50. The Kier molecular flexibility index (Phi) is 8.27. The van der Waals surface area contributed by atoms with E-state index in [0.29, 0.717) is 34.0 Å². The number of hydrogen-bond acceptors (Lipinski definition) is 4. The Labute approximate surface area is 213 Å². The molecular formula is C26H23Cl2N3O2S. The standard InChI is InChI=1S/C26H23Cl2N3O2S/c27-20-11-9-19(10-12-20)17-31-24(32)16-23(25(33)29-14-13-18-5-2-1-3-6-18)34-26(31)30-22-8-4-7-21(28)15-22/h1-12,15,23H,13-14,16-17H2,(H,29,33). The largest absolute Gasteiger partial charge is 0.355 e. The van der Waals surface area contributed by atoms with Gasteiger partial charge in [0, 0.05) is 23.0 Å². The molecule has 0 saturated carbocycles. The van der Waals surface area contributed by atoms with Crippen LogP contribution in [0.2, 0.25) is 10.0 Å². The second kappa shape index (κ2) is 11.6. The van der Waals surface area contributed by atoms with E-state index in [1.54, 1.807) is 35.2 Å². The summed E-state index contributed by atoms with van der Waals surface area (Å²) in [6.07, 6.45) is 0.827. The molecule has 1 unspecified atom stereocenters. The lowest BCUT2D eigenvalue weighted by Gasteiger charge is -2.32. The zero-order chi connectivity index (χ0) is 23.9. The molecule has 1 N–H and O–H groups in total. The predicted molar refractivity (Wildman–Crippen MR) is 140 cm³/mol. The Bertz CT molecular complexity index is 1190. The topological polar surface area (TPSA) is 61.8 Å². The first-order valence-corrected chi connectivity index (χ1v) is 12.5. The molecule has 2 amide bonds. The molecule has 0 radical (unpaired) electrons. The summed E-state index contributed by atoms with van der Waals surface area (Å²) in [5.41, 5.74) is 2.68. The summed E-state index contributed by atoms with van der Waals surface area (Å²) in [7, 11) is 0. The Hall–Kier alpha value is -2.80. The van der Waals surface area contributed by atoms with Crippen molar-refractivity contribution in [3.63, 3.8) is 0 Å². The number of benzene rings is 3. The summed E-state index contributed by atoms with van der Waals surface area (Å²) in [4.78, 5) is 32.3. The first kappa shape index (κ1) is 24.3. The van der Waals surface area contributed by atoms with Crippen molar-refractivity contribution in [1.29, 1.82) is 0 Å². The van der Waals surface area contributed by atoms with Crippen molar-refractivity contribution in [1.82, 2.24) is 10.2 Å². The number of carbonyl (C=O) groups is 2. The van der Waals surface area contributed by atoms with Crippen molar-refractivity contribution in [3.05, 3.63) is 100 Å². The van der Waals surface area contributed by atoms with Gasteiger partial charge in [0.05, 0.1) is 17.5 Å². The van der Waals surface area contributed by atoms with Crippen LogP contribution in [0.3, 0.4) is 0 Å². The highest BCUT2D eigenvalue weighted by molar-refractivity contribution is 8.15. The maximum atomic E-state index is 13.1. The minimum absolute atomic E-state index is 0.101. The molecule has 34 heavy (non-hydrogen) atoms. The Morgan fingerprint density at radius 2 is 1.74 bits per heavy atom. The number of amidine groups is 1. The number of thioether (sulfide) groups is 1. The number of rotatable bonds is 7. The molecule has 5 nitrogen and oxygen atoms in total. The fraction of sp³-hybridized carbons (Fsp3) is 0.192. The molecule has 0 spiro atoms. The van der Waals surface area contributed by atoms with Gasteiger partial charge in [-0.05, 0) is 47.9 Å². The van der Waals surface area contributed by atoms with Crippen LogP contribution in [0.25, 0.3) is 0 Å². The van der Waals surface area contributed by atoms with Gasteiger partial charge in [-0.1, -0.05) is 83.5 Å². The van der Waals surface area contributed by atoms with Crippen molar-refractivity contribution < 1.29 is 9.59 Å². The molecule has 0 aliphatic carbocycles. The maximum absolute atomic E-state index is 13.1. The number of carbonyl (C=O) groups excluding carboxylic acids is 2. The highest BCUT2D eigenvalue weighted by atomic mass is 35.5. The van der Waals surface area contributed by atoms with E-state index in [4.69, 9.17) is 23.2 Å². The highest BCUT2D eigenvalue weighted by Gasteiger charge is 2.35. The third-order valence-electron chi connectivity index (χ3n) is 5.27. The quantitative estimate of drug-likeness (QED) is 0.431. The number of halogens is 2. The Morgan fingerprint density at radius 1 is 0.971 bits per heavy atom. The smallest absolute Gasteiger partial charge is 0.234 e. The molecule has 1 heterocycles. The lowest BCUT2D eigenvalue weighted by atomic mass is 10.1. The van der Waals surface area contributed by atoms with Crippen LogP contribution in [0, 0.1) is 0 Å². The second-order valence-electron chi connectivity index (χ2n) is 7.82. The third-order valence-corrected chi connectivity index (χ3v) is 6.95. The van der Waals surface area contributed by atoms with E-state index < -0.39 is 5.25 Å².